The molecule has 106 valence electrons. The first kappa shape index (κ1) is 14.0. The number of rotatable bonds is 9. The zero-order valence-electron chi connectivity index (χ0n) is 11.0. The van der Waals surface area contributed by atoms with Gasteiger partial charge >= 0.3 is 0 Å². The summed E-state index contributed by atoms with van der Waals surface area (Å²) in [6, 6.07) is 0.446. The zero-order chi connectivity index (χ0) is 13.5. The summed E-state index contributed by atoms with van der Waals surface area (Å²) in [4.78, 5) is 11.4. The molecule has 1 fully saturated rings. The minimum atomic E-state index is 0.0618. The molecule has 1 aromatic heterocycles. The summed E-state index contributed by atoms with van der Waals surface area (Å²) in [6.07, 6.45) is 5.47. The Morgan fingerprint density at radius 2 is 2.37 bits per heavy atom. The van der Waals surface area contributed by atoms with Gasteiger partial charge in [-0.1, -0.05) is 5.21 Å². The Morgan fingerprint density at radius 1 is 1.53 bits per heavy atom. The molecule has 0 unspecified atom stereocenters. The lowest BCUT2D eigenvalue weighted by Crippen LogP contribution is -2.26. The first-order chi connectivity index (χ1) is 9.28. The number of hydrogen-bond acceptors (Lipinski definition) is 5. The largest absolute Gasteiger partial charge is 0.394 e. The quantitative estimate of drug-likeness (QED) is 0.521. The lowest BCUT2D eigenvalue weighted by molar-refractivity contribution is -0.121. The molecular weight excluding hydrogens is 246 g/mol. The van der Waals surface area contributed by atoms with Gasteiger partial charge in [-0.25, -0.2) is 4.68 Å². The standard InChI is InChI=1S/C12H21N5O2/c18-7-6-17-9-11(15-16-17)8-13-5-1-2-12(19)14-10-3-4-10/h9-10,13,18H,1-8H2,(H,14,19). The molecule has 1 saturated carbocycles. The highest BCUT2D eigenvalue weighted by Gasteiger charge is 2.22. The lowest BCUT2D eigenvalue weighted by Gasteiger charge is -2.03. The van der Waals surface area contributed by atoms with Crippen LogP contribution in [0.1, 0.15) is 31.4 Å². The maximum absolute atomic E-state index is 11.4. The van der Waals surface area contributed by atoms with Gasteiger partial charge in [-0.3, -0.25) is 4.79 Å². The van der Waals surface area contributed by atoms with Gasteiger partial charge in [-0.05, 0) is 25.8 Å². The predicted molar refractivity (Wildman–Crippen MR) is 69.2 cm³/mol. The maximum Gasteiger partial charge on any atom is 0.220 e. The summed E-state index contributed by atoms with van der Waals surface area (Å²) >= 11 is 0. The molecule has 1 aromatic rings. The minimum Gasteiger partial charge on any atom is -0.394 e. The van der Waals surface area contributed by atoms with Crippen molar-refractivity contribution in [3.05, 3.63) is 11.9 Å². The first-order valence-electron chi connectivity index (χ1n) is 6.78. The Bertz CT molecular complexity index is 403. The number of amides is 1. The van der Waals surface area contributed by atoms with E-state index in [0.717, 1.165) is 31.5 Å². The number of carbonyl (C=O) groups excluding carboxylic acids is 1. The van der Waals surface area contributed by atoms with Crippen LogP contribution in [0.15, 0.2) is 6.20 Å². The van der Waals surface area contributed by atoms with Gasteiger partial charge in [-0.2, -0.15) is 0 Å². The molecule has 0 atom stereocenters. The van der Waals surface area contributed by atoms with E-state index in [2.05, 4.69) is 20.9 Å². The second-order valence-corrected chi connectivity index (χ2v) is 4.82. The van der Waals surface area contributed by atoms with E-state index in [1.54, 1.807) is 4.68 Å². The number of nitrogens with one attached hydrogen (secondary N) is 2. The van der Waals surface area contributed by atoms with Gasteiger partial charge in [0.05, 0.1) is 18.8 Å². The smallest absolute Gasteiger partial charge is 0.220 e. The molecule has 0 aromatic carbocycles. The normalized spacial score (nSPS) is 14.6. The van der Waals surface area contributed by atoms with E-state index in [4.69, 9.17) is 5.11 Å². The molecule has 1 aliphatic carbocycles. The fourth-order valence-corrected chi connectivity index (χ4v) is 1.75. The average Bonchev–Trinajstić information content (AvgIpc) is 3.08. The summed E-state index contributed by atoms with van der Waals surface area (Å²) in [5.74, 6) is 0.151. The molecule has 7 nitrogen and oxygen atoms in total. The van der Waals surface area contributed by atoms with E-state index in [1.807, 2.05) is 6.20 Å². The van der Waals surface area contributed by atoms with Crippen LogP contribution in [0.4, 0.5) is 0 Å². The van der Waals surface area contributed by atoms with Crippen molar-refractivity contribution in [2.45, 2.75) is 44.8 Å². The molecule has 0 bridgehead atoms. The number of nitrogens with zero attached hydrogens (tertiary/aromatic N) is 3. The number of aromatic nitrogens is 3. The third kappa shape index (κ3) is 5.35. The lowest BCUT2D eigenvalue weighted by atomic mass is 10.3. The number of hydrogen-bond donors (Lipinski definition) is 3. The van der Waals surface area contributed by atoms with Crippen molar-refractivity contribution in [2.75, 3.05) is 13.2 Å². The van der Waals surface area contributed by atoms with E-state index in [0.29, 0.717) is 25.6 Å². The fourth-order valence-electron chi connectivity index (χ4n) is 1.75. The second-order valence-electron chi connectivity index (χ2n) is 4.82. The average molecular weight is 267 g/mol. The van der Waals surface area contributed by atoms with Gasteiger partial charge in [0, 0.05) is 25.2 Å². The first-order valence-corrected chi connectivity index (χ1v) is 6.78. The Morgan fingerprint density at radius 3 is 3.11 bits per heavy atom. The van der Waals surface area contributed by atoms with Crippen molar-refractivity contribution < 1.29 is 9.90 Å². The molecule has 1 aliphatic rings. The van der Waals surface area contributed by atoms with Crippen LogP contribution in [-0.2, 0) is 17.9 Å². The number of aliphatic hydroxyl groups is 1. The molecule has 7 heteroatoms. The summed E-state index contributed by atoms with van der Waals surface area (Å²) in [5.41, 5.74) is 0.843. The van der Waals surface area contributed by atoms with E-state index < -0.39 is 0 Å². The summed E-state index contributed by atoms with van der Waals surface area (Å²) in [7, 11) is 0. The SMILES string of the molecule is O=C(CCCNCc1cn(CCO)nn1)NC1CC1. The number of aliphatic hydroxyl groups excluding tert-OH is 1. The van der Waals surface area contributed by atoms with E-state index in [-0.39, 0.29) is 12.5 Å². The molecular formula is C12H21N5O2. The third-order valence-corrected chi connectivity index (χ3v) is 2.92. The van der Waals surface area contributed by atoms with Crippen molar-refractivity contribution >= 4 is 5.91 Å². The molecule has 19 heavy (non-hydrogen) atoms. The zero-order valence-corrected chi connectivity index (χ0v) is 11.0. The van der Waals surface area contributed by atoms with E-state index in [1.165, 1.54) is 0 Å². The molecule has 0 radical (unpaired) electrons. The highest BCUT2D eigenvalue weighted by Crippen LogP contribution is 2.18. The molecule has 0 spiro atoms. The van der Waals surface area contributed by atoms with Crippen molar-refractivity contribution in [2.24, 2.45) is 0 Å². The van der Waals surface area contributed by atoms with Gasteiger partial charge in [0.25, 0.3) is 0 Å². The van der Waals surface area contributed by atoms with Crippen molar-refractivity contribution in [3.8, 4) is 0 Å². The van der Waals surface area contributed by atoms with Crippen LogP contribution >= 0.6 is 0 Å². The van der Waals surface area contributed by atoms with Crippen LogP contribution in [0, 0.1) is 0 Å². The monoisotopic (exact) mass is 267 g/mol. The Hall–Kier alpha value is -1.47. The summed E-state index contributed by atoms with van der Waals surface area (Å²) in [6.45, 7) is 1.95. The minimum absolute atomic E-state index is 0.0618. The van der Waals surface area contributed by atoms with Gasteiger partial charge in [-0.15, -0.1) is 5.10 Å². The predicted octanol–water partition coefficient (Wildman–Crippen LogP) is -0.581. The Kier molecular flexibility index (Phi) is 5.29. The summed E-state index contributed by atoms with van der Waals surface area (Å²) in [5, 5.41) is 22.8. The van der Waals surface area contributed by atoms with Crippen LogP contribution in [0.3, 0.4) is 0 Å². The highest BCUT2D eigenvalue weighted by atomic mass is 16.3. The topological polar surface area (TPSA) is 92.1 Å². The summed E-state index contributed by atoms with van der Waals surface area (Å²) < 4.78 is 1.61. The van der Waals surface area contributed by atoms with E-state index >= 15 is 0 Å². The van der Waals surface area contributed by atoms with Crippen molar-refractivity contribution in [1.82, 2.24) is 25.6 Å². The molecule has 3 N–H and O–H groups in total. The van der Waals surface area contributed by atoms with Crippen LogP contribution in [0.5, 0.6) is 0 Å². The van der Waals surface area contributed by atoms with Crippen LogP contribution < -0.4 is 10.6 Å². The Labute approximate surface area is 112 Å². The van der Waals surface area contributed by atoms with Gasteiger partial charge < -0.3 is 15.7 Å². The van der Waals surface area contributed by atoms with Gasteiger partial charge in [0.1, 0.15) is 0 Å². The van der Waals surface area contributed by atoms with Crippen LogP contribution in [-0.4, -0.2) is 45.2 Å². The highest BCUT2D eigenvalue weighted by molar-refractivity contribution is 5.76. The van der Waals surface area contributed by atoms with Crippen molar-refractivity contribution in [3.63, 3.8) is 0 Å². The van der Waals surface area contributed by atoms with Crippen molar-refractivity contribution in [1.29, 1.82) is 0 Å². The maximum atomic E-state index is 11.4. The van der Waals surface area contributed by atoms with Crippen LogP contribution in [0.2, 0.25) is 0 Å². The second kappa shape index (κ2) is 7.20. The van der Waals surface area contributed by atoms with Crippen LogP contribution in [0.25, 0.3) is 0 Å². The fraction of sp³-hybridized carbons (Fsp3) is 0.750. The molecule has 0 aliphatic heterocycles. The molecule has 0 saturated heterocycles. The Balaban J connectivity index is 1.51. The molecule has 1 amide bonds. The molecule has 1 heterocycles. The van der Waals surface area contributed by atoms with Gasteiger partial charge in [0.15, 0.2) is 0 Å². The van der Waals surface area contributed by atoms with E-state index in [9.17, 15) is 4.79 Å². The number of carbonyl (C=O) groups is 1. The third-order valence-electron chi connectivity index (χ3n) is 2.92. The van der Waals surface area contributed by atoms with Gasteiger partial charge in [0.2, 0.25) is 5.91 Å². The molecule has 2 rings (SSSR count).